The van der Waals surface area contributed by atoms with E-state index in [4.69, 9.17) is 4.65 Å². The van der Waals surface area contributed by atoms with Crippen molar-refractivity contribution in [3.63, 3.8) is 0 Å². The van der Waals surface area contributed by atoms with Gasteiger partial charge in [0.05, 0.1) is 0 Å². The molecule has 0 aromatic heterocycles. The molecule has 93 valence electrons. The van der Waals surface area contributed by atoms with E-state index < -0.39 is 0 Å². The number of rotatable bonds is 3. The monoisotopic (exact) mass is 261 g/mol. The minimum Gasteiger partial charge on any atom is -0.618 e. The predicted molar refractivity (Wildman–Crippen MR) is 71.0 cm³/mol. The van der Waals surface area contributed by atoms with E-state index in [1.54, 1.807) is 0 Å². The fourth-order valence-corrected chi connectivity index (χ4v) is 3.29. The molecule has 2 aliphatic rings. The minimum absolute atomic E-state index is 0. The topological polar surface area (TPSA) is 9.23 Å². The largest absolute Gasteiger partial charge is 1.00 e. The van der Waals surface area contributed by atoms with E-state index in [1.807, 2.05) is 0 Å². The van der Waals surface area contributed by atoms with Crippen LogP contribution in [0.5, 0.6) is 0 Å². The molecule has 2 bridgehead atoms. The van der Waals surface area contributed by atoms with Crippen molar-refractivity contribution in [2.45, 2.75) is 83.5 Å². The fourth-order valence-electron chi connectivity index (χ4n) is 3.29. The summed E-state index contributed by atoms with van der Waals surface area (Å²) >= 11 is 0. The molecule has 2 rings (SSSR count). The molecule has 0 spiro atoms. The van der Waals surface area contributed by atoms with Gasteiger partial charge in [0.15, 0.2) is 0 Å². The zero-order valence-electron chi connectivity index (χ0n) is 12.5. The van der Waals surface area contributed by atoms with Gasteiger partial charge in [-0.15, -0.1) is 0 Å². The Bertz CT molecular complexity index is 220. The molecule has 0 amide bonds. The van der Waals surface area contributed by atoms with Gasteiger partial charge in [-0.1, -0.05) is 52.4 Å². The zero-order chi connectivity index (χ0) is 11.8. The first kappa shape index (κ1) is 16.7. The molecule has 17 heavy (non-hydrogen) atoms. The summed E-state index contributed by atoms with van der Waals surface area (Å²) in [5, 5.41) is 0. The van der Waals surface area contributed by atoms with Crippen LogP contribution in [0.1, 0.15) is 66.2 Å². The third-order valence-electron chi connectivity index (χ3n) is 5.06. The molecule has 1 nitrogen and oxygen atoms in total. The summed E-state index contributed by atoms with van der Waals surface area (Å²) in [6, 6.07) is 0. The second-order valence-electron chi connectivity index (χ2n) is 6.72. The third kappa shape index (κ3) is 4.06. The normalized spacial score (nSPS) is 30.2. The van der Waals surface area contributed by atoms with Gasteiger partial charge in [-0.05, 0) is 19.8 Å². The van der Waals surface area contributed by atoms with Gasteiger partial charge in [0.2, 0.25) is 0 Å². The van der Waals surface area contributed by atoms with E-state index >= 15 is 0 Å². The summed E-state index contributed by atoms with van der Waals surface area (Å²) in [6.07, 6.45) is 8.53. The maximum absolute atomic E-state index is 6.51. The summed E-state index contributed by atoms with van der Waals surface area (Å²) in [6.45, 7) is 9.65. The second-order valence-corrected chi connectivity index (χ2v) is 6.72. The van der Waals surface area contributed by atoms with Crippen molar-refractivity contribution in [3.8, 4) is 0 Å². The van der Waals surface area contributed by atoms with Crippen molar-refractivity contribution in [1.29, 1.82) is 0 Å². The molecule has 1 radical (unpaired) electrons. The van der Waals surface area contributed by atoms with Gasteiger partial charge in [-0.2, -0.15) is 11.6 Å². The molecule has 0 atom stereocenters. The first-order valence-electron chi connectivity index (χ1n) is 7.18. The van der Waals surface area contributed by atoms with Crippen molar-refractivity contribution in [2.75, 3.05) is 0 Å². The number of hydrogen-bond donors (Lipinski definition) is 0. The maximum atomic E-state index is 6.51. The van der Waals surface area contributed by atoms with E-state index in [2.05, 4.69) is 27.7 Å². The molecule has 2 aliphatic heterocycles. The van der Waals surface area contributed by atoms with Crippen molar-refractivity contribution in [1.82, 2.24) is 0 Å². The number of fused-ring (bicyclic) bond motifs is 2. The Labute approximate surface area is 150 Å². The molecule has 2 saturated heterocycles. The molecular weight excluding hydrogens is 234 g/mol. The van der Waals surface area contributed by atoms with Crippen LogP contribution in [0.3, 0.4) is 0 Å². The van der Waals surface area contributed by atoms with Crippen LogP contribution in [0.25, 0.3) is 0 Å². The average molecular weight is 261 g/mol. The van der Waals surface area contributed by atoms with E-state index in [0.29, 0.717) is 12.8 Å². The Morgan fingerprint density at radius 2 is 1.41 bits per heavy atom. The molecule has 2 fully saturated rings. The van der Waals surface area contributed by atoms with Gasteiger partial charge < -0.3 is 4.65 Å². The Morgan fingerprint density at radius 3 is 1.76 bits per heavy atom. The standard InChI is InChI=1S/C14H27BO.K/c1-11(2)14(3,4)16-15-12-7-5-8-13(15)10-6-9-12;/h11-13H,5-10H2,1-4H3;/q-1;+1. The van der Waals surface area contributed by atoms with E-state index in [1.165, 1.54) is 38.5 Å². The van der Waals surface area contributed by atoms with E-state index in [0.717, 1.165) is 11.6 Å². The van der Waals surface area contributed by atoms with Crippen molar-refractivity contribution >= 4 is 6.92 Å². The molecule has 2 heterocycles. The second kappa shape index (κ2) is 6.90. The van der Waals surface area contributed by atoms with Crippen LogP contribution in [-0.2, 0) is 4.65 Å². The molecule has 0 aliphatic carbocycles. The minimum atomic E-state index is 0. The molecule has 0 saturated carbocycles. The first-order chi connectivity index (χ1) is 7.50. The maximum Gasteiger partial charge on any atom is 1.00 e. The molecule has 3 heteroatoms. The molecule has 0 unspecified atom stereocenters. The molecule has 0 aromatic carbocycles. The van der Waals surface area contributed by atoms with Crippen LogP contribution < -0.4 is 51.4 Å². The zero-order valence-corrected chi connectivity index (χ0v) is 15.6. The van der Waals surface area contributed by atoms with Crippen LogP contribution in [0, 0.1) is 5.92 Å². The van der Waals surface area contributed by atoms with Crippen molar-refractivity contribution in [2.24, 2.45) is 5.92 Å². The van der Waals surface area contributed by atoms with Crippen LogP contribution >= 0.6 is 0 Å². The van der Waals surface area contributed by atoms with Gasteiger partial charge in [-0.3, -0.25) is 0 Å². The van der Waals surface area contributed by atoms with Gasteiger partial charge in [0.25, 0.3) is 0 Å². The molecule has 0 N–H and O–H groups in total. The van der Waals surface area contributed by atoms with Crippen LogP contribution in [-0.4, -0.2) is 12.5 Å². The Balaban J connectivity index is 0.00000144. The van der Waals surface area contributed by atoms with Crippen LogP contribution in [0.15, 0.2) is 0 Å². The van der Waals surface area contributed by atoms with E-state index in [9.17, 15) is 0 Å². The van der Waals surface area contributed by atoms with Crippen LogP contribution in [0.2, 0.25) is 11.6 Å². The quantitative estimate of drug-likeness (QED) is 0.700. The summed E-state index contributed by atoms with van der Waals surface area (Å²) in [5.74, 6) is 2.34. The Morgan fingerprint density at radius 1 is 1.00 bits per heavy atom. The summed E-state index contributed by atoms with van der Waals surface area (Å²) in [7, 11) is 0. The van der Waals surface area contributed by atoms with E-state index in [-0.39, 0.29) is 57.0 Å². The van der Waals surface area contributed by atoms with Gasteiger partial charge in [0, 0.05) is 12.5 Å². The van der Waals surface area contributed by atoms with Crippen molar-refractivity contribution in [3.05, 3.63) is 0 Å². The van der Waals surface area contributed by atoms with Crippen LogP contribution in [0.4, 0.5) is 0 Å². The smallest absolute Gasteiger partial charge is 0.618 e. The first-order valence-corrected chi connectivity index (χ1v) is 7.18. The Hall–Kier alpha value is 1.66. The molecule has 0 aromatic rings. The summed E-state index contributed by atoms with van der Waals surface area (Å²) < 4.78 is 6.51. The van der Waals surface area contributed by atoms with Gasteiger partial charge in [-0.25, -0.2) is 0 Å². The SMILES string of the molecule is CC(C)C(C)(C)O[B-]1C2CCCC1CCC2.[K+]. The molecular formula is C14H27BKO. The van der Waals surface area contributed by atoms with Crippen molar-refractivity contribution < 1.29 is 56.0 Å². The number of hydrogen-bond acceptors (Lipinski definition) is 1. The average Bonchev–Trinajstić information content (AvgIpc) is 2.16. The third-order valence-corrected chi connectivity index (χ3v) is 5.06. The Kier molecular flexibility index (Phi) is 6.78. The summed E-state index contributed by atoms with van der Waals surface area (Å²) in [4.78, 5) is 0. The fraction of sp³-hybridized carbons (Fsp3) is 1.00. The van der Waals surface area contributed by atoms with Gasteiger partial charge in [0.1, 0.15) is 0 Å². The predicted octanol–water partition coefficient (Wildman–Crippen LogP) is 1.54. The summed E-state index contributed by atoms with van der Waals surface area (Å²) in [5.41, 5.74) is 0.0514. The van der Waals surface area contributed by atoms with Gasteiger partial charge >= 0.3 is 51.4 Å².